The quantitative estimate of drug-likeness (QED) is 0.882. The summed E-state index contributed by atoms with van der Waals surface area (Å²) in [5.74, 6) is -2.65. The molecule has 0 bridgehead atoms. The van der Waals surface area contributed by atoms with Crippen LogP contribution in [-0.2, 0) is 5.41 Å². The molecule has 2 N–H and O–H groups in total. The molecule has 1 nitrogen and oxygen atoms in total. The molecule has 1 aliphatic rings. The molecule has 82 valence electrons. The number of rotatable bonds is 2. The summed E-state index contributed by atoms with van der Waals surface area (Å²) in [5.41, 5.74) is 5.96. The van der Waals surface area contributed by atoms with Gasteiger partial charge in [0.2, 0.25) is 0 Å². The Kier molecular flexibility index (Phi) is 2.39. The maximum Gasteiger partial charge on any atom is 0.260 e. The number of hydrogen-bond donors (Lipinski definition) is 1. The monoisotopic (exact) mass is 275 g/mol. The van der Waals surface area contributed by atoms with Gasteiger partial charge in [0.15, 0.2) is 0 Å². The van der Waals surface area contributed by atoms with E-state index in [2.05, 4.69) is 15.9 Å². The van der Waals surface area contributed by atoms with E-state index in [1.807, 2.05) is 13.0 Å². The molecule has 0 heterocycles. The van der Waals surface area contributed by atoms with Gasteiger partial charge in [0.25, 0.3) is 5.92 Å². The summed E-state index contributed by atoms with van der Waals surface area (Å²) in [6.45, 7) is 1.88. The molecule has 0 aromatic heterocycles. The van der Waals surface area contributed by atoms with Crippen LogP contribution >= 0.6 is 15.9 Å². The third-order valence-electron chi connectivity index (χ3n) is 3.08. The summed E-state index contributed by atoms with van der Waals surface area (Å²) >= 11 is 3.31. The predicted octanol–water partition coefficient (Wildman–Crippen LogP) is 2.99. The molecule has 1 saturated carbocycles. The maximum absolute atomic E-state index is 13.3. The normalized spacial score (nSPS) is 27.8. The number of alkyl halides is 2. The van der Waals surface area contributed by atoms with Gasteiger partial charge in [-0.2, -0.15) is 0 Å². The Bertz CT molecular complexity index is 406. The highest BCUT2D eigenvalue weighted by atomic mass is 79.9. The van der Waals surface area contributed by atoms with Crippen LogP contribution < -0.4 is 5.73 Å². The summed E-state index contributed by atoms with van der Waals surface area (Å²) < 4.78 is 27.4. The van der Waals surface area contributed by atoms with Crippen LogP contribution in [-0.4, -0.2) is 12.5 Å². The Labute approximate surface area is 95.8 Å². The van der Waals surface area contributed by atoms with Crippen LogP contribution in [0.25, 0.3) is 0 Å². The lowest BCUT2D eigenvalue weighted by Gasteiger charge is -2.16. The van der Waals surface area contributed by atoms with E-state index in [-0.39, 0.29) is 13.0 Å². The zero-order valence-corrected chi connectivity index (χ0v) is 9.94. The van der Waals surface area contributed by atoms with E-state index in [9.17, 15) is 8.78 Å². The summed E-state index contributed by atoms with van der Waals surface area (Å²) in [7, 11) is 0. The van der Waals surface area contributed by atoms with Crippen molar-refractivity contribution in [3.05, 3.63) is 33.8 Å². The fraction of sp³-hybridized carbons (Fsp3) is 0.455. The van der Waals surface area contributed by atoms with Crippen molar-refractivity contribution in [3.63, 3.8) is 0 Å². The molecular formula is C11H12BrF2N. The number of nitrogens with two attached hydrogens (primary N) is 1. The van der Waals surface area contributed by atoms with Crippen molar-refractivity contribution in [3.8, 4) is 0 Å². The van der Waals surface area contributed by atoms with E-state index < -0.39 is 11.3 Å². The minimum absolute atomic E-state index is 0.0119. The lowest BCUT2D eigenvalue weighted by atomic mass is 9.94. The summed E-state index contributed by atoms with van der Waals surface area (Å²) in [4.78, 5) is 0. The van der Waals surface area contributed by atoms with Crippen molar-refractivity contribution < 1.29 is 8.78 Å². The zero-order chi connectivity index (χ0) is 11.3. The molecule has 0 spiro atoms. The van der Waals surface area contributed by atoms with Crippen LogP contribution in [0.3, 0.4) is 0 Å². The van der Waals surface area contributed by atoms with E-state index in [1.165, 1.54) is 0 Å². The highest BCUT2D eigenvalue weighted by molar-refractivity contribution is 9.10. The van der Waals surface area contributed by atoms with Crippen LogP contribution in [0.1, 0.15) is 17.5 Å². The van der Waals surface area contributed by atoms with Crippen LogP contribution in [0, 0.1) is 6.92 Å². The van der Waals surface area contributed by atoms with Crippen molar-refractivity contribution in [1.82, 2.24) is 0 Å². The molecule has 1 fully saturated rings. The first-order valence-electron chi connectivity index (χ1n) is 4.77. The largest absolute Gasteiger partial charge is 0.329 e. The van der Waals surface area contributed by atoms with E-state index >= 15 is 0 Å². The van der Waals surface area contributed by atoms with Gasteiger partial charge < -0.3 is 5.73 Å². The van der Waals surface area contributed by atoms with Crippen molar-refractivity contribution in [1.29, 1.82) is 0 Å². The molecule has 1 aliphatic carbocycles. The fourth-order valence-corrected chi connectivity index (χ4v) is 2.59. The molecule has 0 aliphatic heterocycles. The lowest BCUT2D eigenvalue weighted by molar-refractivity contribution is 0.0894. The van der Waals surface area contributed by atoms with E-state index in [1.54, 1.807) is 12.1 Å². The third kappa shape index (κ3) is 1.51. The van der Waals surface area contributed by atoms with Crippen molar-refractivity contribution in [2.24, 2.45) is 5.73 Å². The van der Waals surface area contributed by atoms with Gasteiger partial charge in [-0.3, -0.25) is 0 Å². The van der Waals surface area contributed by atoms with Gasteiger partial charge in [0.05, 0.1) is 5.41 Å². The molecule has 1 aromatic carbocycles. The number of aryl methyl sites for hydroxylation is 1. The average molecular weight is 276 g/mol. The molecule has 0 amide bonds. The SMILES string of the molecule is Cc1ccc(Br)c(C2(CN)CC2(F)F)c1. The first-order valence-corrected chi connectivity index (χ1v) is 5.57. The number of hydrogen-bond acceptors (Lipinski definition) is 1. The Hall–Kier alpha value is -0.480. The fourth-order valence-electron chi connectivity index (χ4n) is 1.96. The maximum atomic E-state index is 13.3. The van der Waals surface area contributed by atoms with Crippen molar-refractivity contribution in [2.75, 3.05) is 6.54 Å². The van der Waals surface area contributed by atoms with Gasteiger partial charge in [-0.25, -0.2) is 8.78 Å². The van der Waals surface area contributed by atoms with Gasteiger partial charge >= 0.3 is 0 Å². The molecule has 0 radical (unpaired) electrons. The van der Waals surface area contributed by atoms with E-state index in [4.69, 9.17) is 5.73 Å². The summed E-state index contributed by atoms with van der Waals surface area (Å²) in [6, 6.07) is 5.48. The highest BCUT2D eigenvalue weighted by Gasteiger charge is 2.71. The van der Waals surface area contributed by atoms with Crippen molar-refractivity contribution >= 4 is 15.9 Å². The predicted molar refractivity (Wildman–Crippen MR) is 59.2 cm³/mol. The molecular weight excluding hydrogens is 264 g/mol. The smallest absolute Gasteiger partial charge is 0.260 e. The second kappa shape index (κ2) is 3.25. The molecule has 4 heteroatoms. The summed E-state index contributed by atoms with van der Waals surface area (Å²) in [5, 5.41) is 0. The number of halogens is 3. The molecule has 15 heavy (non-hydrogen) atoms. The first-order chi connectivity index (χ1) is 6.93. The Balaban J connectivity index is 2.50. The third-order valence-corrected chi connectivity index (χ3v) is 3.78. The van der Waals surface area contributed by atoms with Crippen LogP contribution in [0.5, 0.6) is 0 Å². The Morgan fingerprint density at radius 1 is 1.47 bits per heavy atom. The molecule has 2 rings (SSSR count). The van der Waals surface area contributed by atoms with Crippen molar-refractivity contribution in [2.45, 2.75) is 24.7 Å². The molecule has 1 aromatic rings. The van der Waals surface area contributed by atoms with Crippen LogP contribution in [0.4, 0.5) is 8.78 Å². The Morgan fingerprint density at radius 3 is 2.53 bits per heavy atom. The zero-order valence-electron chi connectivity index (χ0n) is 8.36. The number of benzene rings is 1. The highest BCUT2D eigenvalue weighted by Crippen LogP contribution is 2.62. The topological polar surface area (TPSA) is 26.0 Å². The lowest BCUT2D eigenvalue weighted by Crippen LogP contribution is -2.27. The summed E-state index contributed by atoms with van der Waals surface area (Å²) in [6.07, 6.45) is -0.140. The van der Waals surface area contributed by atoms with Gasteiger partial charge in [-0.05, 0) is 18.6 Å². The Morgan fingerprint density at radius 2 is 2.07 bits per heavy atom. The minimum Gasteiger partial charge on any atom is -0.329 e. The van der Waals surface area contributed by atoms with Crippen LogP contribution in [0.15, 0.2) is 22.7 Å². The molecule has 1 unspecified atom stereocenters. The average Bonchev–Trinajstić information content (AvgIpc) is 2.74. The second-order valence-electron chi connectivity index (χ2n) is 4.15. The van der Waals surface area contributed by atoms with E-state index in [0.717, 1.165) is 10.0 Å². The van der Waals surface area contributed by atoms with Gasteiger partial charge in [-0.15, -0.1) is 0 Å². The second-order valence-corrected chi connectivity index (χ2v) is 5.01. The standard InChI is InChI=1S/C11H12BrF2N/c1-7-2-3-9(12)8(4-7)10(6-15)5-11(10,13)14/h2-4H,5-6,15H2,1H3. The molecule has 1 atom stereocenters. The molecule has 0 saturated heterocycles. The van der Waals surface area contributed by atoms with Gasteiger partial charge in [0, 0.05) is 17.4 Å². The van der Waals surface area contributed by atoms with Crippen LogP contribution in [0.2, 0.25) is 0 Å². The van der Waals surface area contributed by atoms with Gasteiger partial charge in [0.1, 0.15) is 0 Å². The first kappa shape index (κ1) is 11.0. The van der Waals surface area contributed by atoms with E-state index in [0.29, 0.717) is 5.56 Å². The minimum atomic E-state index is -2.65. The van der Waals surface area contributed by atoms with Gasteiger partial charge in [-0.1, -0.05) is 33.6 Å².